The molecular formula is C39H42N4O3. The van der Waals surface area contributed by atoms with Crippen LogP contribution in [-0.4, -0.2) is 71.5 Å². The summed E-state index contributed by atoms with van der Waals surface area (Å²) in [4.78, 5) is 37.6. The number of hydrogen-bond acceptors (Lipinski definition) is 5. The van der Waals surface area contributed by atoms with Gasteiger partial charge in [-0.3, -0.25) is 14.6 Å². The van der Waals surface area contributed by atoms with E-state index in [0.29, 0.717) is 24.1 Å². The third kappa shape index (κ3) is 5.29. The van der Waals surface area contributed by atoms with Gasteiger partial charge < -0.3 is 19.8 Å². The lowest BCUT2D eigenvalue weighted by molar-refractivity contribution is -0.0629. The summed E-state index contributed by atoms with van der Waals surface area (Å²) in [6.07, 6.45) is 11.3. The number of piperazine rings is 1. The molecule has 3 aromatic carbocycles. The number of amides is 2. The number of fused-ring (bicyclic) bond motifs is 1. The third-order valence-corrected chi connectivity index (χ3v) is 11.3. The first-order chi connectivity index (χ1) is 22.3. The molecular weight excluding hydrogens is 572 g/mol. The number of carbonyl (C=O) groups is 2. The maximum absolute atomic E-state index is 13.8. The summed E-state index contributed by atoms with van der Waals surface area (Å²) in [5, 5.41) is 11.8. The second-order valence-corrected chi connectivity index (χ2v) is 14.5. The standard InChI is InChI=1S/C39H42N4O3/c1-41(25-39-20-26-16-27(21-39)18-28(17-26)22-39)37(45)29-6-8-31(9-7-29)42-12-14-43(15-13-42)38(46)36-11-10-33(30-19-32(44)24-40-23-30)34-4-2-3-5-35(34)36/h2-11,19,23-24,26-28,44H,12-18,20-22,25H2,1H3. The number of aromatic nitrogens is 1. The molecule has 1 N–H and O–H groups in total. The van der Waals surface area contributed by atoms with Crippen molar-refractivity contribution in [3.8, 4) is 16.9 Å². The molecule has 5 fully saturated rings. The van der Waals surface area contributed by atoms with E-state index in [4.69, 9.17) is 0 Å². The number of aromatic hydroxyl groups is 1. The van der Waals surface area contributed by atoms with Crippen LogP contribution in [-0.2, 0) is 0 Å². The van der Waals surface area contributed by atoms with Crippen LogP contribution in [0.5, 0.6) is 5.75 Å². The van der Waals surface area contributed by atoms with Crippen molar-refractivity contribution in [1.29, 1.82) is 0 Å². The highest BCUT2D eigenvalue weighted by Gasteiger charge is 2.51. The molecule has 0 radical (unpaired) electrons. The second kappa shape index (κ2) is 11.4. The highest BCUT2D eigenvalue weighted by atomic mass is 16.3. The van der Waals surface area contributed by atoms with Gasteiger partial charge in [-0.2, -0.15) is 0 Å². The Kier molecular flexibility index (Phi) is 7.23. The van der Waals surface area contributed by atoms with Crippen LogP contribution in [0.25, 0.3) is 21.9 Å². The minimum Gasteiger partial charge on any atom is -0.506 e. The van der Waals surface area contributed by atoms with Gasteiger partial charge in [-0.05, 0) is 114 Å². The summed E-state index contributed by atoms with van der Waals surface area (Å²) in [6.45, 7) is 3.60. The SMILES string of the molecule is CN(CC12CC3CC(CC(C3)C1)C2)C(=O)c1ccc(N2CCN(C(=O)c3ccc(-c4cncc(O)c4)c4ccccc34)CC2)cc1. The van der Waals surface area contributed by atoms with Crippen LogP contribution in [0.4, 0.5) is 5.69 Å². The zero-order valence-corrected chi connectivity index (χ0v) is 26.6. The molecule has 2 amide bonds. The highest BCUT2D eigenvalue weighted by molar-refractivity contribution is 6.11. The van der Waals surface area contributed by atoms with Crippen LogP contribution in [0.3, 0.4) is 0 Å². The largest absolute Gasteiger partial charge is 0.506 e. The Bertz CT molecular complexity index is 1760. The molecule has 9 rings (SSSR count). The number of pyridine rings is 1. The van der Waals surface area contributed by atoms with Gasteiger partial charge in [0.2, 0.25) is 0 Å². The fourth-order valence-corrected chi connectivity index (χ4v) is 9.74. The van der Waals surface area contributed by atoms with E-state index < -0.39 is 0 Å². The maximum Gasteiger partial charge on any atom is 0.254 e. The van der Waals surface area contributed by atoms with Gasteiger partial charge in [0, 0.05) is 68.3 Å². The summed E-state index contributed by atoms with van der Waals surface area (Å²) < 4.78 is 0. The molecule has 7 nitrogen and oxygen atoms in total. The Hall–Kier alpha value is -4.39. The lowest BCUT2D eigenvalue weighted by Gasteiger charge is -2.57. The number of anilines is 1. The minimum atomic E-state index is 0.0273. The zero-order chi connectivity index (χ0) is 31.4. The molecule has 0 spiro atoms. The normalized spacial score (nSPS) is 25.2. The van der Waals surface area contributed by atoms with Crippen molar-refractivity contribution < 1.29 is 14.7 Å². The van der Waals surface area contributed by atoms with Crippen LogP contribution in [0.2, 0.25) is 0 Å². The smallest absolute Gasteiger partial charge is 0.254 e. The second-order valence-electron chi connectivity index (χ2n) is 14.5. The lowest BCUT2D eigenvalue weighted by Crippen LogP contribution is -2.51. The van der Waals surface area contributed by atoms with Gasteiger partial charge >= 0.3 is 0 Å². The van der Waals surface area contributed by atoms with Crippen molar-refractivity contribution in [2.45, 2.75) is 38.5 Å². The van der Waals surface area contributed by atoms with Crippen molar-refractivity contribution in [3.05, 3.63) is 90.3 Å². The van der Waals surface area contributed by atoms with Crippen LogP contribution in [0, 0.1) is 23.2 Å². The van der Waals surface area contributed by atoms with E-state index in [1.54, 1.807) is 12.3 Å². The van der Waals surface area contributed by atoms with Crippen LogP contribution in [0.1, 0.15) is 59.2 Å². The van der Waals surface area contributed by atoms with Gasteiger partial charge in [-0.1, -0.05) is 30.3 Å². The number of benzene rings is 3. The Morgan fingerprint density at radius 2 is 1.50 bits per heavy atom. The van der Waals surface area contributed by atoms with E-state index in [9.17, 15) is 14.7 Å². The first-order valence-electron chi connectivity index (χ1n) is 16.9. The lowest BCUT2D eigenvalue weighted by atomic mass is 9.49. The van der Waals surface area contributed by atoms with E-state index in [-0.39, 0.29) is 17.6 Å². The van der Waals surface area contributed by atoms with Gasteiger partial charge in [0.05, 0.1) is 6.20 Å². The molecule has 2 heterocycles. The summed E-state index contributed by atoms with van der Waals surface area (Å²) in [5.74, 6) is 2.92. The molecule has 1 saturated heterocycles. The van der Waals surface area contributed by atoms with Gasteiger partial charge in [0.1, 0.15) is 5.75 Å². The number of carbonyl (C=O) groups excluding carboxylic acids is 2. The molecule has 4 saturated carbocycles. The highest BCUT2D eigenvalue weighted by Crippen LogP contribution is 2.60. The van der Waals surface area contributed by atoms with Crippen molar-refractivity contribution in [1.82, 2.24) is 14.8 Å². The van der Waals surface area contributed by atoms with Gasteiger partial charge in [-0.15, -0.1) is 0 Å². The quantitative estimate of drug-likeness (QED) is 0.257. The Morgan fingerprint density at radius 3 is 2.15 bits per heavy atom. The minimum absolute atomic E-state index is 0.0273. The molecule has 46 heavy (non-hydrogen) atoms. The van der Waals surface area contributed by atoms with Crippen LogP contribution >= 0.6 is 0 Å². The van der Waals surface area contributed by atoms with E-state index in [1.165, 1.54) is 44.7 Å². The molecule has 1 aromatic heterocycles. The van der Waals surface area contributed by atoms with E-state index in [0.717, 1.165) is 70.5 Å². The fraction of sp³-hybridized carbons (Fsp3) is 0.410. The Morgan fingerprint density at radius 1 is 0.848 bits per heavy atom. The number of hydrogen-bond donors (Lipinski definition) is 1. The molecule has 0 unspecified atom stereocenters. The van der Waals surface area contributed by atoms with Crippen molar-refractivity contribution >= 4 is 28.3 Å². The maximum atomic E-state index is 13.8. The number of nitrogens with zero attached hydrogens (tertiary/aromatic N) is 4. The van der Waals surface area contributed by atoms with E-state index >= 15 is 0 Å². The topological polar surface area (TPSA) is 77.0 Å². The fourth-order valence-electron chi connectivity index (χ4n) is 9.74. The average Bonchev–Trinajstić information content (AvgIpc) is 3.06. The van der Waals surface area contributed by atoms with E-state index in [1.807, 2.05) is 65.4 Å². The van der Waals surface area contributed by atoms with Crippen molar-refractivity contribution in [3.63, 3.8) is 0 Å². The Labute approximate surface area is 270 Å². The molecule has 0 atom stereocenters. The molecule has 5 aliphatic rings. The average molecular weight is 615 g/mol. The summed E-state index contributed by atoms with van der Waals surface area (Å²) in [7, 11) is 1.99. The molecule has 4 aliphatic carbocycles. The Balaban J connectivity index is 0.912. The summed E-state index contributed by atoms with van der Waals surface area (Å²) in [5.41, 5.74) is 4.60. The van der Waals surface area contributed by atoms with Crippen LogP contribution < -0.4 is 4.90 Å². The van der Waals surface area contributed by atoms with Crippen molar-refractivity contribution in [2.75, 3.05) is 44.7 Å². The first-order valence-corrected chi connectivity index (χ1v) is 16.9. The summed E-state index contributed by atoms with van der Waals surface area (Å²) >= 11 is 0. The predicted octanol–water partition coefficient (Wildman–Crippen LogP) is 6.86. The molecule has 4 bridgehead atoms. The monoisotopic (exact) mass is 614 g/mol. The molecule has 4 aromatic rings. The van der Waals surface area contributed by atoms with E-state index in [2.05, 4.69) is 22.0 Å². The molecule has 7 heteroatoms. The predicted molar refractivity (Wildman–Crippen MR) is 181 cm³/mol. The first kappa shape index (κ1) is 29.0. The van der Waals surface area contributed by atoms with Gasteiger partial charge in [-0.25, -0.2) is 0 Å². The summed E-state index contributed by atoms with van der Waals surface area (Å²) in [6, 6.07) is 21.5. The molecule has 1 aliphatic heterocycles. The van der Waals surface area contributed by atoms with Crippen LogP contribution in [0.15, 0.2) is 79.1 Å². The van der Waals surface area contributed by atoms with Crippen molar-refractivity contribution in [2.24, 2.45) is 23.2 Å². The third-order valence-electron chi connectivity index (χ3n) is 11.3. The zero-order valence-electron chi connectivity index (χ0n) is 26.6. The van der Waals surface area contributed by atoms with Gasteiger partial charge in [0.15, 0.2) is 0 Å². The number of rotatable bonds is 6. The van der Waals surface area contributed by atoms with Gasteiger partial charge in [0.25, 0.3) is 11.8 Å². The molecule has 236 valence electrons.